The van der Waals surface area contributed by atoms with E-state index in [1.54, 1.807) is 0 Å². The van der Waals surface area contributed by atoms with Crippen LogP contribution in [-0.2, 0) is 0 Å². The molecule has 36 heavy (non-hydrogen) atoms. The van der Waals surface area contributed by atoms with Gasteiger partial charge in [-0.3, -0.25) is 9.59 Å². The Bertz CT molecular complexity index is 1070. The van der Waals surface area contributed by atoms with Crippen LogP contribution in [0.5, 0.6) is 5.75 Å². The maximum Gasteiger partial charge on any atom is 0.253 e. The number of hydrogen-bond donors (Lipinski definition) is 1. The highest BCUT2D eigenvalue weighted by atomic mass is 16.5. The average Bonchev–Trinajstić information content (AvgIpc) is 3.45. The highest BCUT2D eigenvalue weighted by Gasteiger charge is 2.22. The number of nitrogens with one attached hydrogen (secondary N) is 1. The first kappa shape index (κ1) is 26.0. The fourth-order valence-corrected chi connectivity index (χ4v) is 4.95. The zero-order valence-corrected chi connectivity index (χ0v) is 21.7. The summed E-state index contributed by atoms with van der Waals surface area (Å²) < 4.78 is 6.23. The topological polar surface area (TPSA) is 61.9 Å². The Morgan fingerprint density at radius 1 is 0.917 bits per heavy atom. The molecule has 0 aliphatic carbocycles. The van der Waals surface area contributed by atoms with Gasteiger partial charge in [-0.05, 0) is 101 Å². The van der Waals surface area contributed by atoms with Crippen LogP contribution in [0.2, 0.25) is 0 Å². The molecule has 2 aliphatic rings. The normalized spacial score (nSPS) is 18.2. The third-order valence-corrected chi connectivity index (χ3v) is 7.07. The van der Waals surface area contributed by atoms with Gasteiger partial charge in [0, 0.05) is 42.9 Å². The van der Waals surface area contributed by atoms with Crippen molar-refractivity contribution in [1.82, 2.24) is 15.1 Å². The summed E-state index contributed by atoms with van der Waals surface area (Å²) in [6.07, 6.45) is 7.25. The molecule has 2 heterocycles. The van der Waals surface area contributed by atoms with Gasteiger partial charge in [0.1, 0.15) is 5.75 Å². The summed E-state index contributed by atoms with van der Waals surface area (Å²) in [4.78, 5) is 29.8. The average molecular weight is 490 g/mol. The van der Waals surface area contributed by atoms with E-state index >= 15 is 0 Å². The van der Waals surface area contributed by atoms with E-state index in [0.29, 0.717) is 30.8 Å². The summed E-state index contributed by atoms with van der Waals surface area (Å²) in [5.41, 5.74) is 4.40. The molecule has 1 fully saturated rings. The molecular weight excluding hydrogens is 450 g/mol. The number of amides is 2. The van der Waals surface area contributed by atoms with E-state index in [4.69, 9.17) is 4.74 Å². The van der Waals surface area contributed by atoms with Gasteiger partial charge in [-0.25, -0.2) is 0 Å². The zero-order valence-electron chi connectivity index (χ0n) is 21.7. The molecule has 0 atom stereocenters. The lowest BCUT2D eigenvalue weighted by Gasteiger charge is -2.20. The molecule has 0 bridgehead atoms. The largest absolute Gasteiger partial charge is 0.493 e. The van der Waals surface area contributed by atoms with Crippen molar-refractivity contribution in [2.45, 2.75) is 46.0 Å². The van der Waals surface area contributed by atoms with Crippen molar-refractivity contribution < 1.29 is 14.3 Å². The van der Waals surface area contributed by atoms with Gasteiger partial charge in [0.2, 0.25) is 0 Å². The molecule has 4 rings (SSSR count). The standard InChI is InChI=1S/C30H39N3O3/c1-3-32(4-2)29(34)24-13-11-23(12-14-24)26-10-5-6-17-31-18-9-21-36-28-16-15-25(22-27(26)28)30(35)33-19-7-8-20-33/h10-16,22,31H,3-9,17-21H2,1-2H3/b26-10-. The van der Waals surface area contributed by atoms with Gasteiger partial charge in [0.25, 0.3) is 11.8 Å². The number of fused-ring (bicyclic) bond motifs is 1. The number of benzene rings is 2. The van der Waals surface area contributed by atoms with Crippen LogP contribution in [0.15, 0.2) is 48.5 Å². The van der Waals surface area contributed by atoms with Crippen molar-refractivity contribution in [2.24, 2.45) is 0 Å². The van der Waals surface area contributed by atoms with Gasteiger partial charge >= 0.3 is 0 Å². The summed E-state index contributed by atoms with van der Waals surface area (Å²) in [5, 5.41) is 3.48. The van der Waals surface area contributed by atoms with E-state index in [-0.39, 0.29) is 11.8 Å². The Balaban J connectivity index is 1.72. The zero-order chi connectivity index (χ0) is 25.3. The second kappa shape index (κ2) is 12.7. The molecule has 1 saturated heterocycles. The van der Waals surface area contributed by atoms with Crippen LogP contribution in [0.25, 0.3) is 5.57 Å². The summed E-state index contributed by atoms with van der Waals surface area (Å²) in [6.45, 7) is 9.53. The minimum absolute atomic E-state index is 0.0486. The molecule has 2 aliphatic heterocycles. The van der Waals surface area contributed by atoms with Gasteiger partial charge in [-0.15, -0.1) is 0 Å². The van der Waals surface area contributed by atoms with Crippen LogP contribution >= 0.6 is 0 Å². The van der Waals surface area contributed by atoms with Crippen LogP contribution in [0, 0.1) is 0 Å². The third-order valence-electron chi connectivity index (χ3n) is 7.07. The molecule has 0 radical (unpaired) electrons. The van der Waals surface area contributed by atoms with E-state index in [1.807, 2.05) is 66.1 Å². The maximum atomic E-state index is 13.2. The van der Waals surface area contributed by atoms with Gasteiger partial charge in [-0.1, -0.05) is 18.2 Å². The Labute approximate surface area is 215 Å². The number of ether oxygens (including phenoxy) is 1. The van der Waals surface area contributed by atoms with Crippen LogP contribution in [0.3, 0.4) is 0 Å². The van der Waals surface area contributed by atoms with E-state index in [9.17, 15) is 9.59 Å². The monoisotopic (exact) mass is 489 g/mol. The number of carbonyl (C=O) groups excluding carboxylic acids is 2. The smallest absolute Gasteiger partial charge is 0.253 e. The Morgan fingerprint density at radius 2 is 1.61 bits per heavy atom. The fraction of sp³-hybridized carbons (Fsp3) is 0.467. The number of allylic oxidation sites excluding steroid dienone is 1. The Morgan fingerprint density at radius 3 is 2.33 bits per heavy atom. The van der Waals surface area contributed by atoms with Gasteiger partial charge in [0.05, 0.1) is 6.61 Å². The summed E-state index contributed by atoms with van der Waals surface area (Å²) in [5.74, 6) is 0.931. The highest BCUT2D eigenvalue weighted by Crippen LogP contribution is 2.34. The first-order valence-electron chi connectivity index (χ1n) is 13.5. The second-order valence-electron chi connectivity index (χ2n) is 9.48. The fourth-order valence-electron chi connectivity index (χ4n) is 4.95. The molecule has 0 spiro atoms. The lowest BCUT2D eigenvalue weighted by Crippen LogP contribution is -2.30. The number of nitrogens with zero attached hydrogens (tertiary/aromatic N) is 2. The van der Waals surface area contributed by atoms with E-state index < -0.39 is 0 Å². The van der Waals surface area contributed by atoms with Crippen molar-refractivity contribution in [2.75, 3.05) is 45.9 Å². The van der Waals surface area contributed by atoms with Crippen molar-refractivity contribution in [1.29, 1.82) is 0 Å². The molecule has 2 aromatic carbocycles. The predicted octanol–water partition coefficient (Wildman–Crippen LogP) is 4.99. The molecule has 0 aromatic heterocycles. The van der Waals surface area contributed by atoms with Crippen LogP contribution in [-0.4, -0.2) is 67.5 Å². The minimum atomic E-state index is 0.0486. The highest BCUT2D eigenvalue weighted by molar-refractivity contribution is 5.97. The number of likely N-dealkylation sites (tertiary alicyclic amines) is 1. The van der Waals surface area contributed by atoms with Crippen molar-refractivity contribution in [3.8, 4) is 5.75 Å². The minimum Gasteiger partial charge on any atom is -0.493 e. The number of hydrogen-bond acceptors (Lipinski definition) is 4. The van der Waals surface area contributed by atoms with Crippen molar-refractivity contribution in [3.05, 3.63) is 70.8 Å². The molecule has 0 saturated carbocycles. The van der Waals surface area contributed by atoms with Crippen molar-refractivity contribution >= 4 is 17.4 Å². The summed E-state index contributed by atoms with van der Waals surface area (Å²) >= 11 is 0. The first-order chi connectivity index (χ1) is 17.6. The molecular formula is C30H39N3O3. The van der Waals surface area contributed by atoms with E-state index in [2.05, 4.69) is 11.4 Å². The summed E-state index contributed by atoms with van der Waals surface area (Å²) in [6, 6.07) is 13.7. The van der Waals surface area contributed by atoms with Gasteiger partial charge in [0.15, 0.2) is 0 Å². The van der Waals surface area contributed by atoms with Crippen LogP contribution in [0.1, 0.15) is 77.8 Å². The SMILES string of the molecule is CCN(CC)C(=O)c1ccc(/C2=C/CCCNCCCOc3ccc(C(=O)N4CCCC4)cc32)cc1. The van der Waals surface area contributed by atoms with Gasteiger partial charge in [-0.2, -0.15) is 0 Å². The molecule has 6 heteroatoms. The molecule has 192 valence electrons. The third kappa shape index (κ3) is 6.16. The molecule has 0 unspecified atom stereocenters. The van der Waals surface area contributed by atoms with Crippen molar-refractivity contribution in [3.63, 3.8) is 0 Å². The lowest BCUT2D eigenvalue weighted by atomic mass is 9.93. The van der Waals surface area contributed by atoms with E-state index in [1.165, 1.54) is 0 Å². The first-order valence-corrected chi connectivity index (χ1v) is 13.5. The second-order valence-corrected chi connectivity index (χ2v) is 9.48. The van der Waals surface area contributed by atoms with Gasteiger partial charge < -0.3 is 19.9 Å². The quantitative estimate of drug-likeness (QED) is 0.643. The van der Waals surface area contributed by atoms with E-state index in [0.717, 1.165) is 80.7 Å². The Kier molecular flexibility index (Phi) is 9.17. The predicted molar refractivity (Wildman–Crippen MR) is 145 cm³/mol. The lowest BCUT2D eigenvalue weighted by molar-refractivity contribution is 0.0770. The Hall–Kier alpha value is -3.12. The van der Waals surface area contributed by atoms with Crippen LogP contribution < -0.4 is 10.1 Å². The molecule has 1 N–H and O–H groups in total. The molecule has 2 amide bonds. The van der Waals surface area contributed by atoms with Crippen LogP contribution in [0.4, 0.5) is 0 Å². The maximum absolute atomic E-state index is 13.2. The number of carbonyl (C=O) groups is 2. The summed E-state index contributed by atoms with van der Waals surface area (Å²) in [7, 11) is 0. The number of rotatable bonds is 5. The molecule has 2 aromatic rings. The molecule has 6 nitrogen and oxygen atoms in total.